The zero-order valence-corrected chi connectivity index (χ0v) is 17.9. The van der Waals surface area contributed by atoms with Gasteiger partial charge in [-0.25, -0.2) is 9.97 Å². The van der Waals surface area contributed by atoms with Crippen molar-refractivity contribution in [2.24, 2.45) is 5.73 Å². The van der Waals surface area contributed by atoms with Crippen LogP contribution < -0.4 is 11.1 Å². The van der Waals surface area contributed by atoms with Crippen LogP contribution in [0.25, 0.3) is 10.2 Å². The van der Waals surface area contributed by atoms with Crippen molar-refractivity contribution >= 4 is 61.0 Å². The predicted molar refractivity (Wildman–Crippen MR) is 113 cm³/mol. The van der Waals surface area contributed by atoms with Gasteiger partial charge in [0.2, 0.25) is 5.91 Å². The number of nitrogens with zero attached hydrogens (tertiary/aromatic N) is 2. The number of thiophene rings is 1. The second kappa shape index (κ2) is 7.94. The Morgan fingerprint density at radius 3 is 2.65 bits per heavy atom. The highest BCUT2D eigenvalue weighted by Crippen LogP contribution is 2.34. The maximum absolute atomic E-state index is 11.5. The van der Waals surface area contributed by atoms with Crippen LogP contribution in [0.1, 0.15) is 23.2 Å². The van der Waals surface area contributed by atoms with Gasteiger partial charge in [-0.15, -0.1) is 23.1 Å². The molecule has 1 aromatic carbocycles. The van der Waals surface area contributed by atoms with E-state index >= 15 is 0 Å². The number of carbonyl (C=O) groups is 1. The number of fused-ring (bicyclic) bond motifs is 1. The first kappa shape index (κ1) is 19.1. The number of aromatic nitrogens is 2. The minimum absolute atomic E-state index is 0.410. The highest BCUT2D eigenvalue weighted by atomic mass is 79.9. The molecule has 0 radical (unpaired) electrons. The normalized spacial score (nSPS) is 12.3. The molecule has 0 saturated carbocycles. The van der Waals surface area contributed by atoms with E-state index in [2.05, 4.69) is 45.3 Å². The fourth-order valence-corrected chi connectivity index (χ4v) is 4.48. The molecule has 1 amide bonds. The molecule has 0 aliphatic carbocycles. The van der Waals surface area contributed by atoms with E-state index in [-0.39, 0.29) is 0 Å². The van der Waals surface area contributed by atoms with E-state index in [4.69, 9.17) is 10.7 Å². The Hall–Kier alpha value is -1.64. The number of amides is 1. The van der Waals surface area contributed by atoms with Crippen molar-refractivity contribution in [1.82, 2.24) is 9.97 Å². The summed E-state index contributed by atoms with van der Waals surface area (Å²) in [7, 11) is 0. The summed E-state index contributed by atoms with van der Waals surface area (Å²) in [6.07, 6.45) is 0. The summed E-state index contributed by atoms with van der Waals surface area (Å²) in [4.78, 5) is 24.1. The molecular weight excluding hydrogens is 432 g/mol. The number of nitrogens with two attached hydrogens (primary N) is 1. The highest BCUT2D eigenvalue weighted by molar-refractivity contribution is 9.10. The second-order valence-corrected chi connectivity index (χ2v) is 9.13. The summed E-state index contributed by atoms with van der Waals surface area (Å²) in [6, 6.07) is 7.64. The lowest BCUT2D eigenvalue weighted by molar-refractivity contribution is -0.118. The third kappa shape index (κ3) is 4.19. The summed E-state index contributed by atoms with van der Waals surface area (Å²) >= 11 is 6.76. The van der Waals surface area contributed by atoms with Crippen LogP contribution in [0.5, 0.6) is 0 Å². The smallest absolute Gasteiger partial charge is 0.239 e. The molecule has 0 aliphatic rings. The van der Waals surface area contributed by atoms with E-state index in [1.54, 1.807) is 30.0 Å². The number of carbonyl (C=O) groups excluding carboxylic acids is 1. The van der Waals surface area contributed by atoms with Crippen LogP contribution in [0.3, 0.4) is 0 Å². The Labute approximate surface area is 168 Å². The Morgan fingerprint density at radius 1 is 1.31 bits per heavy atom. The first-order valence-corrected chi connectivity index (χ1v) is 10.7. The largest absolute Gasteiger partial charge is 0.368 e. The summed E-state index contributed by atoms with van der Waals surface area (Å²) < 4.78 is 1.05. The predicted octanol–water partition coefficient (Wildman–Crippen LogP) is 4.65. The summed E-state index contributed by atoms with van der Waals surface area (Å²) in [5.41, 5.74) is 6.54. The van der Waals surface area contributed by atoms with Crippen molar-refractivity contribution in [1.29, 1.82) is 0 Å². The van der Waals surface area contributed by atoms with E-state index in [1.807, 2.05) is 19.1 Å². The molecule has 0 saturated heterocycles. The molecule has 2 aromatic heterocycles. The zero-order chi connectivity index (χ0) is 18.8. The molecule has 8 heteroatoms. The van der Waals surface area contributed by atoms with Gasteiger partial charge in [-0.2, -0.15) is 0 Å². The lowest BCUT2D eigenvalue weighted by Crippen LogP contribution is -2.33. The van der Waals surface area contributed by atoms with Crippen molar-refractivity contribution in [3.05, 3.63) is 45.0 Å². The highest BCUT2D eigenvalue weighted by Gasteiger charge is 2.18. The molecule has 5 nitrogen and oxygen atoms in total. The van der Waals surface area contributed by atoms with Crippen molar-refractivity contribution in [3.8, 4) is 0 Å². The van der Waals surface area contributed by atoms with Gasteiger partial charge in [-0.1, -0.05) is 15.9 Å². The monoisotopic (exact) mass is 450 g/mol. The average molecular weight is 451 g/mol. The maximum atomic E-state index is 11.5. The Morgan fingerprint density at radius 2 is 2.00 bits per heavy atom. The summed E-state index contributed by atoms with van der Waals surface area (Å²) in [6.45, 7) is 5.86. The third-order valence-electron chi connectivity index (χ3n) is 4.04. The van der Waals surface area contributed by atoms with Gasteiger partial charge in [0.15, 0.2) is 0 Å². The number of hydrogen-bond acceptors (Lipinski definition) is 6. The first-order valence-electron chi connectivity index (χ1n) is 8.06. The number of primary amides is 1. The molecule has 26 heavy (non-hydrogen) atoms. The number of hydrogen-bond donors (Lipinski definition) is 2. The number of halogens is 1. The van der Waals surface area contributed by atoms with E-state index in [1.165, 1.54) is 4.88 Å². The number of nitrogens with one attached hydrogen (secondary N) is 1. The second-order valence-electron chi connectivity index (χ2n) is 5.96. The lowest BCUT2D eigenvalue weighted by Gasteiger charge is -2.13. The van der Waals surface area contributed by atoms with Crippen LogP contribution in [-0.4, -0.2) is 21.9 Å². The van der Waals surface area contributed by atoms with E-state index in [0.29, 0.717) is 11.6 Å². The molecular formula is C18H19BrN4OS2. The third-order valence-corrected chi connectivity index (χ3v) is 6.67. The maximum Gasteiger partial charge on any atom is 0.239 e. The summed E-state index contributed by atoms with van der Waals surface area (Å²) in [5, 5.41) is 4.12. The van der Waals surface area contributed by atoms with Gasteiger partial charge in [-0.05, 0) is 50.6 Å². The van der Waals surface area contributed by atoms with E-state index in [9.17, 15) is 4.79 Å². The molecule has 0 bridgehead atoms. The van der Waals surface area contributed by atoms with Gasteiger partial charge >= 0.3 is 0 Å². The van der Waals surface area contributed by atoms with Crippen molar-refractivity contribution < 1.29 is 4.79 Å². The minimum atomic E-state index is -0.500. The Bertz CT molecular complexity index is 956. The van der Waals surface area contributed by atoms with Crippen molar-refractivity contribution in [3.63, 3.8) is 0 Å². The average Bonchev–Trinajstić information content (AvgIpc) is 2.88. The van der Waals surface area contributed by atoms with E-state index in [0.717, 1.165) is 31.0 Å². The lowest BCUT2D eigenvalue weighted by atomic mass is 10.2. The van der Waals surface area contributed by atoms with Gasteiger partial charge in [0.25, 0.3) is 0 Å². The molecule has 0 aliphatic heterocycles. The van der Waals surface area contributed by atoms with Gasteiger partial charge in [0.1, 0.15) is 22.5 Å². The number of anilines is 1. The zero-order valence-electron chi connectivity index (χ0n) is 14.7. The van der Waals surface area contributed by atoms with Gasteiger partial charge < -0.3 is 11.1 Å². The SMILES string of the molecule is Cc1sc2nc(CSc3ccc(Br)cc3)nc(NC(C)C(N)=O)c2c1C. The molecule has 1 atom stereocenters. The van der Waals surface area contributed by atoms with Gasteiger partial charge in [-0.3, -0.25) is 4.79 Å². The molecule has 1 unspecified atom stereocenters. The number of benzene rings is 1. The fraction of sp³-hybridized carbons (Fsp3) is 0.278. The number of thioether (sulfide) groups is 1. The molecule has 2 heterocycles. The number of aryl methyl sites for hydroxylation is 2. The Balaban J connectivity index is 1.92. The number of rotatable bonds is 6. The Kier molecular flexibility index (Phi) is 5.84. The quantitative estimate of drug-likeness (QED) is 0.534. The molecule has 136 valence electrons. The minimum Gasteiger partial charge on any atom is -0.368 e. The fourth-order valence-electron chi connectivity index (χ4n) is 2.42. The standard InChI is InChI=1S/C18H19BrN4OS2/c1-9-11(3)26-18-15(9)17(21-10(2)16(20)24)22-14(23-18)8-25-13-6-4-12(19)5-7-13/h4-7,10H,8H2,1-3H3,(H2,20,24)(H,21,22,23). The van der Waals surface area contributed by atoms with Crippen LogP contribution in [0.15, 0.2) is 33.6 Å². The van der Waals surface area contributed by atoms with E-state index < -0.39 is 11.9 Å². The molecule has 3 N–H and O–H groups in total. The van der Waals surface area contributed by atoms with Crippen molar-refractivity contribution in [2.45, 2.75) is 37.5 Å². The van der Waals surface area contributed by atoms with Crippen LogP contribution in [0, 0.1) is 13.8 Å². The topological polar surface area (TPSA) is 80.9 Å². The molecule has 3 rings (SSSR count). The van der Waals surface area contributed by atoms with Crippen LogP contribution in [0.4, 0.5) is 5.82 Å². The molecule has 0 fully saturated rings. The molecule has 0 spiro atoms. The van der Waals surface area contributed by atoms with Crippen LogP contribution in [-0.2, 0) is 10.5 Å². The van der Waals surface area contributed by atoms with Crippen molar-refractivity contribution in [2.75, 3.05) is 5.32 Å². The first-order chi connectivity index (χ1) is 12.3. The van der Waals surface area contributed by atoms with Crippen LogP contribution in [0.2, 0.25) is 0 Å². The molecule has 3 aromatic rings. The van der Waals surface area contributed by atoms with Crippen LogP contribution >= 0.6 is 39.0 Å². The summed E-state index contributed by atoms with van der Waals surface area (Å²) in [5.74, 6) is 1.64. The van der Waals surface area contributed by atoms with Gasteiger partial charge in [0.05, 0.1) is 11.1 Å². The van der Waals surface area contributed by atoms with Gasteiger partial charge in [0, 0.05) is 14.2 Å².